The average molecular weight is 307 g/mol. The fourth-order valence-corrected chi connectivity index (χ4v) is 2.92. The molecule has 4 rings (SSSR count). The fraction of sp³-hybridized carbons (Fsp3) is 0.222. The van der Waals surface area contributed by atoms with Crippen molar-refractivity contribution in [2.24, 2.45) is 0 Å². The molecule has 0 atom stereocenters. The molecule has 5 nitrogen and oxygen atoms in total. The first-order chi connectivity index (χ1) is 11.2. The third-order valence-electron chi connectivity index (χ3n) is 4.23. The first kappa shape index (κ1) is 13.8. The number of benzene rings is 1. The highest BCUT2D eigenvalue weighted by atomic mass is 16.5. The molecule has 0 amide bonds. The maximum Gasteiger partial charge on any atom is 0.256 e. The van der Waals surface area contributed by atoms with Crippen LogP contribution in [-0.4, -0.2) is 21.1 Å². The van der Waals surface area contributed by atoms with Crippen molar-refractivity contribution in [3.8, 4) is 16.9 Å². The van der Waals surface area contributed by atoms with E-state index in [1.807, 2.05) is 41.8 Å². The Morgan fingerprint density at radius 1 is 1.30 bits per heavy atom. The maximum absolute atomic E-state index is 12.4. The number of fused-ring (bicyclic) bond motifs is 1. The number of imidazole rings is 1. The molecule has 3 heterocycles. The molecule has 23 heavy (non-hydrogen) atoms. The molecule has 0 radical (unpaired) electrons. The van der Waals surface area contributed by atoms with Gasteiger partial charge in [0.2, 0.25) is 0 Å². The molecule has 1 aliphatic heterocycles. The van der Waals surface area contributed by atoms with E-state index in [0.29, 0.717) is 12.1 Å². The number of nitrogens with one attached hydrogen (secondary N) is 1. The van der Waals surface area contributed by atoms with Gasteiger partial charge in [0.05, 0.1) is 19.5 Å². The van der Waals surface area contributed by atoms with E-state index in [1.165, 1.54) is 5.56 Å². The van der Waals surface area contributed by atoms with Crippen molar-refractivity contribution in [2.45, 2.75) is 19.9 Å². The lowest BCUT2D eigenvalue weighted by Gasteiger charge is -2.08. The minimum absolute atomic E-state index is 0.0702. The van der Waals surface area contributed by atoms with Gasteiger partial charge in [0, 0.05) is 29.6 Å². The van der Waals surface area contributed by atoms with Crippen LogP contribution in [0.2, 0.25) is 0 Å². The summed E-state index contributed by atoms with van der Waals surface area (Å²) in [7, 11) is 0. The predicted octanol–water partition coefficient (Wildman–Crippen LogP) is 2.53. The van der Waals surface area contributed by atoms with Crippen LogP contribution >= 0.6 is 0 Å². The molecule has 0 unspecified atom stereocenters. The molecule has 5 heteroatoms. The lowest BCUT2D eigenvalue weighted by molar-refractivity contribution is 0.357. The van der Waals surface area contributed by atoms with Crippen molar-refractivity contribution < 1.29 is 4.74 Å². The summed E-state index contributed by atoms with van der Waals surface area (Å²) in [6.45, 7) is 3.32. The minimum atomic E-state index is -0.0702. The van der Waals surface area contributed by atoms with Crippen molar-refractivity contribution in [1.82, 2.24) is 14.5 Å². The summed E-state index contributed by atoms with van der Waals surface area (Å²) in [5.74, 6) is 0.928. The zero-order chi connectivity index (χ0) is 15.8. The Morgan fingerprint density at radius 2 is 2.22 bits per heavy atom. The number of aryl methyl sites for hydroxylation is 1. The standard InChI is InChI=1S/C18H17N3O2/c1-12-9-19-11-21(12)10-15-3-4-16(18(22)20-15)13-2-5-17-14(8-13)6-7-23-17/h2-5,8-9,11H,6-7,10H2,1H3,(H,20,22). The zero-order valence-electron chi connectivity index (χ0n) is 12.9. The van der Waals surface area contributed by atoms with Gasteiger partial charge in [0.15, 0.2) is 0 Å². The number of pyridine rings is 1. The summed E-state index contributed by atoms with van der Waals surface area (Å²) < 4.78 is 7.51. The van der Waals surface area contributed by atoms with E-state index in [-0.39, 0.29) is 5.56 Å². The van der Waals surface area contributed by atoms with Gasteiger partial charge in [0.1, 0.15) is 5.75 Å². The normalized spacial score (nSPS) is 12.9. The van der Waals surface area contributed by atoms with Crippen molar-refractivity contribution in [3.63, 3.8) is 0 Å². The van der Waals surface area contributed by atoms with Crippen LogP contribution in [0.3, 0.4) is 0 Å². The molecule has 1 aromatic carbocycles. The number of aromatic nitrogens is 3. The van der Waals surface area contributed by atoms with E-state index < -0.39 is 0 Å². The Labute approximate surface area is 133 Å². The van der Waals surface area contributed by atoms with E-state index in [2.05, 4.69) is 9.97 Å². The Morgan fingerprint density at radius 3 is 3.00 bits per heavy atom. The molecule has 0 spiro atoms. The second kappa shape index (κ2) is 5.43. The smallest absolute Gasteiger partial charge is 0.256 e. The zero-order valence-corrected chi connectivity index (χ0v) is 12.9. The van der Waals surface area contributed by atoms with Gasteiger partial charge in [-0.1, -0.05) is 6.07 Å². The third kappa shape index (κ3) is 2.54. The minimum Gasteiger partial charge on any atom is -0.493 e. The van der Waals surface area contributed by atoms with Crippen LogP contribution < -0.4 is 10.3 Å². The highest BCUT2D eigenvalue weighted by Crippen LogP contribution is 2.29. The van der Waals surface area contributed by atoms with Crippen LogP contribution in [0.4, 0.5) is 0 Å². The Bertz CT molecular complexity index is 924. The van der Waals surface area contributed by atoms with E-state index in [0.717, 1.165) is 35.7 Å². The van der Waals surface area contributed by atoms with Crippen molar-refractivity contribution in [1.29, 1.82) is 0 Å². The van der Waals surface area contributed by atoms with E-state index in [1.54, 1.807) is 12.5 Å². The molecule has 1 N–H and O–H groups in total. The number of nitrogens with zero attached hydrogens (tertiary/aromatic N) is 2. The molecule has 0 saturated heterocycles. The quantitative estimate of drug-likeness (QED) is 0.809. The van der Waals surface area contributed by atoms with Crippen LogP contribution in [0.25, 0.3) is 11.1 Å². The van der Waals surface area contributed by atoms with E-state index in [9.17, 15) is 4.79 Å². The van der Waals surface area contributed by atoms with Gasteiger partial charge in [-0.2, -0.15) is 0 Å². The number of ether oxygens (including phenoxy) is 1. The predicted molar refractivity (Wildman–Crippen MR) is 87.8 cm³/mol. The Hall–Kier alpha value is -2.82. The molecule has 2 aromatic heterocycles. The molecule has 116 valence electrons. The topological polar surface area (TPSA) is 59.9 Å². The summed E-state index contributed by atoms with van der Waals surface area (Å²) in [5.41, 5.74) is 4.64. The van der Waals surface area contributed by atoms with Crippen LogP contribution in [0.15, 0.2) is 47.7 Å². The lowest BCUT2D eigenvalue weighted by Crippen LogP contribution is -2.13. The van der Waals surface area contributed by atoms with E-state index >= 15 is 0 Å². The molecule has 0 bridgehead atoms. The molecular weight excluding hydrogens is 290 g/mol. The number of aromatic amines is 1. The third-order valence-corrected chi connectivity index (χ3v) is 4.23. The number of rotatable bonds is 3. The van der Waals surface area contributed by atoms with Crippen LogP contribution in [0, 0.1) is 6.92 Å². The number of hydrogen-bond donors (Lipinski definition) is 1. The fourth-order valence-electron chi connectivity index (χ4n) is 2.92. The summed E-state index contributed by atoms with van der Waals surface area (Å²) >= 11 is 0. The van der Waals surface area contributed by atoms with Gasteiger partial charge >= 0.3 is 0 Å². The maximum atomic E-state index is 12.4. The highest BCUT2D eigenvalue weighted by molar-refractivity contribution is 5.65. The van der Waals surface area contributed by atoms with Gasteiger partial charge < -0.3 is 14.3 Å². The average Bonchev–Trinajstić information content (AvgIpc) is 3.16. The van der Waals surface area contributed by atoms with Gasteiger partial charge in [-0.3, -0.25) is 4.79 Å². The second-order valence-corrected chi connectivity index (χ2v) is 5.81. The summed E-state index contributed by atoms with van der Waals surface area (Å²) in [4.78, 5) is 19.5. The van der Waals surface area contributed by atoms with Gasteiger partial charge in [-0.25, -0.2) is 4.98 Å². The lowest BCUT2D eigenvalue weighted by atomic mass is 10.0. The monoisotopic (exact) mass is 307 g/mol. The van der Waals surface area contributed by atoms with Crippen LogP contribution in [0.5, 0.6) is 5.75 Å². The van der Waals surface area contributed by atoms with Crippen LogP contribution in [0.1, 0.15) is 17.0 Å². The molecule has 0 fully saturated rings. The summed E-state index contributed by atoms with van der Waals surface area (Å²) in [6.07, 6.45) is 4.47. The highest BCUT2D eigenvalue weighted by Gasteiger charge is 2.14. The summed E-state index contributed by atoms with van der Waals surface area (Å²) in [5, 5.41) is 0. The number of hydrogen-bond acceptors (Lipinski definition) is 3. The molecule has 0 aliphatic carbocycles. The first-order valence-electron chi connectivity index (χ1n) is 7.66. The van der Waals surface area contributed by atoms with Crippen molar-refractivity contribution in [3.05, 3.63) is 70.2 Å². The van der Waals surface area contributed by atoms with Gasteiger partial charge in [0.25, 0.3) is 5.56 Å². The molecule has 0 saturated carbocycles. The van der Waals surface area contributed by atoms with Crippen molar-refractivity contribution >= 4 is 0 Å². The molecule has 1 aliphatic rings. The number of H-pyrrole nitrogens is 1. The van der Waals surface area contributed by atoms with Crippen LogP contribution in [-0.2, 0) is 13.0 Å². The van der Waals surface area contributed by atoms with Crippen molar-refractivity contribution in [2.75, 3.05) is 6.61 Å². The summed E-state index contributed by atoms with van der Waals surface area (Å²) in [6, 6.07) is 9.78. The van der Waals surface area contributed by atoms with Gasteiger partial charge in [-0.05, 0) is 42.3 Å². The Kier molecular flexibility index (Phi) is 3.26. The van der Waals surface area contributed by atoms with Gasteiger partial charge in [-0.15, -0.1) is 0 Å². The van der Waals surface area contributed by atoms with E-state index in [4.69, 9.17) is 4.74 Å². The molecular formula is C18H17N3O2. The SMILES string of the molecule is Cc1cncn1Cc1ccc(-c2ccc3c(c2)CCO3)c(=O)[nH]1. The Balaban J connectivity index is 1.66. The molecule has 3 aromatic rings. The largest absolute Gasteiger partial charge is 0.493 e. The first-order valence-corrected chi connectivity index (χ1v) is 7.66. The second-order valence-electron chi connectivity index (χ2n) is 5.81.